The van der Waals surface area contributed by atoms with Crippen LogP contribution in [0.3, 0.4) is 0 Å². The van der Waals surface area contributed by atoms with Crippen molar-refractivity contribution in [3.63, 3.8) is 0 Å². The van der Waals surface area contributed by atoms with Gasteiger partial charge in [-0.25, -0.2) is 8.42 Å². The van der Waals surface area contributed by atoms with Gasteiger partial charge in [0, 0.05) is 12.1 Å². The second-order valence-corrected chi connectivity index (χ2v) is 9.86. The molecular formula is C24H24Cl2N2O6S. The van der Waals surface area contributed by atoms with Crippen LogP contribution in [0.15, 0.2) is 65.6 Å². The van der Waals surface area contributed by atoms with E-state index in [0.29, 0.717) is 16.5 Å². The lowest BCUT2D eigenvalue weighted by Gasteiger charge is -2.20. The Balaban J connectivity index is 1.94. The van der Waals surface area contributed by atoms with Crippen molar-refractivity contribution in [3.05, 3.63) is 76.3 Å². The number of anilines is 1. The first-order valence-electron chi connectivity index (χ1n) is 10.3. The summed E-state index contributed by atoms with van der Waals surface area (Å²) in [6.45, 7) is 0. The van der Waals surface area contributed by atoms with Gasteiger partial charge in [0.05, 0.1) is 42.0 Å². The number of sulfonamides is 1. The molecule has 0 unspecified atom stereocenters. The first-order valence-corrected chi connectivity index (χ1v) is 12.5. The molecular weight excluding hydrogens is 515 g/mol. The van der Waals surface area contributed by atoms with Crippen molar-refractivity contribution in [1.29, 1.82) is 0 Å². The Kier molecular flexibility index (Phi) is 8.85. The van der Waals surface area contributed by atoms with E-state index in [1.807, 2.05) is 6.07 Å². The molecule has 0 saturated carbocycles. The van der Waals surface area contributed by atoms with Crippen LogP contribution in [0.25, 0.3) is 0 Å². The van der Waals surface area contributed by atoms with E-state index in [-0.39, 0.29) is 27.8 Å². The smallest absolute Gasteiger partial charge is 0.243 e. The molecule has 0 saturated heterocycles. The fraction of sp³-hybridized carbons (Fsp3) is 0.208. The molecule has 0 spiro atoms. The highest BCUT2D eigenvalue weighted by Gasteiger charge is 2.28. The normalized spacial score (nSPS) is 12.0. The van der Waals surface area contributed by atoms with E-state index in [4.69, 9.17) is 37.4 Å². The van der Waals surface area contributed by atoms with E-state index in [9.17, 15) is 13.2 Å². The van der Waals surface area contributed by atoms with E-state index < -0.39 is 22.0 Å². The lowest BCUT2D eigenvalue weighted by atomic mass is 10.1. The molecule has 3 aromatic carbocycles. The van der Waals surface area contributed by atoms with Crippen LogP contribution in [-0.4, -0.2) is 41.7 Å². The Morgan fingerprint density at radius 3 is 2.09 bits per heavy atom. The topological polar surface area (TPSA) is 103 Å². The van der Waals surface area contributed by atoms with Crippen LogP contribution in [0.1, 0.15) is 5.56 Å². The number of benzene rings is 3. The number of halogens is 2. The Hall–Kier alpha value is -2.98. The van der Waals surface area contributed by atoms with Gasteiger partial charge >= 0.3 is 0 Å². The van der Waals surface area contributed by atoms with E-state index in [1.54, 1.807) is 24.3 Å². The van der Waals surface area contributed by atoms with Gasteiger partial charge in [0.1, 0.15) is 23.3 Å². The van der Waals surface area contributed by atoms with Crippen molar-refractivity contribution >= 4 is 44.8 Å². The van der Waals surface area contributed by atoms with Crippen LogP contribution < -0.4 is 24.2 Å². The maximum Gasteiger partial charge on any atom is 0.243 e. The van der Waals surface area contributed by atoms with Crippen LogP contribution in [0.2, 0.25) is 10.0 Å². The highest BCUT2D eigenvalue weighted by molar-refractivity contribution is 7.89. The quantitative estimate of drug-likeness (QED) is 0.392. The summed E-state index contributed by atoms with van der Waals surface area (Å²) in [6, 6.07) is 14.9. The fourth-order valence-electron chi connectivity index (χ4n) is 3.29. The minimum absolute atomic E-state index is 0.0861. The third-order valence-corrected chi connectivity index (χ3v) is 7.12. The minimum atomic E-state index is -4.13. The molecule has 35 heavy (non-hydrogen) atoms. The summed E-state index contributed by atoms with van der Waals surface area (Å²) in [5.41, 5.74) is 1.02. The zero-order chi connectivity index (χ0) is 25.6. The number of hydrogen-bond acceptors (Lipinski definition) is 6. The van der Waals surface area contributed by atoms with E-state index in [0.717, 1.165) is 5.56 Å². The second-order valence-electron chi connectivity index (χ2n) is 7.34. The van der Waals surface area contributed by atoms with Crippen LogP contribution >= 0.6 is 23.2 Å². The number of methoxy groups -OCH3 is 3. The van der Waals surface area contributed by atoms with E-state index in [1.165, 1.54) is 51.7 Å². The zero-order valence-electron chi connectivity index (χ0n) is 19.2. The predicted molar refractivity (Wildman–Crippen MR) is 135 cm³/mol. The summed E-state index contributed by atoms with van der Waals surface area (Å²) in [6.07, 6.45) is 0.0861. The number of rotatable bonds is 10. The SMILES string of the molecule is COc1ccc(S(=O)(=O)N[C@H](Cc2ccccc2)C(=O)Nc2cc(OC)c(Cl)cc2OC)cc1Cl. The maximum absolute atomic E-state index is 13.3. The van der Waals surface area contributed by atoms with Crippen LogP contribution in [0.4, 0.5) is 5.69 Å². The van der Waals surface area contributed by atoms with Crippen molar-refractivity contribution in [2.24, 2.45) is 0 Å². The maximum atomic E-state index is 13.3. The third kappa shape index (κ3) is 6.58. The summed E-state index contributed by atoms with van der Waals surface area (Å²) in [5, 5.41) is 3.13. The van der Waals surface area contributed by atoms with Gasteiger partial charge in [-0.3, -0.25) is 4.79 Å². The van der Waals surface area contributed by atoms with E-state index in [2.05, 4.69) is 10.0 Å². The summed E-state index contributed by atoms with van der Waals surface area (Å²) in [4.78, 5) is 13.2. The number of ether oxygens (including phenoxy) is 3. The first-order chi connectivity index (χ1) is 16.7. The molecule has 1 amide bonds. The Morgan fingerprint density at radius 1 is 0.857 bits per heavy atom. The highest BCUT2D eigenvalue weighted by Crippen LogP contribution is 2.36. The third-order valence-electron chi connectivity index (χ3n) is 5.06. The lowest BCUT2D eigenvalue weighted by Crippen LogP contribution is -2.45. The largest absolute Gasteiger partial charge is 0.495 e. The number of carbonyl (C=O) groups is 1. The predicted octanol–water partition coefficient (Wildman–Crippen LogP) is 4.55. The minimum Gasteiger partial charge on any atom is -0.495 e. The highest BCUT2D eigenvalue weighted by atomic mass is 35.5. The molecule has 8 nitrogen and oxygen atoms in total. The lowest BCUT2D eigenvalue weighted by molar-refractivity contribution is -0.117. The van der Waals surface area contributed by atoms with Gasteiger partial charge in [0.15, 0.2) is 0 Å². The van der Waals surface area contributed by atoms with Crippen molar-refractivity contribution in [3.8, 4) is 17.2 Å². The molecule has 0 aliphatic heterocycles. The fourth-order valence-corrected chi connectivity index (χ4v) is 5.06. The van der Waals surface area contributed by atoms with Crippen LogP contribution in [-0.2, 0) is 21.2 Å². The Labute approximate surface area is 214 Å². The van der Waals surface area contributed by atoms with Gasteiger partial charge in [0.2, 0.25) is 15.9 Å². The standard InChI is InChI=1S/C24H24Cl2N2O6S/c1-32-21-10-9-16(12-17(21)25)35(30,31)28-20(11-15-7-5-4-6-8-15)24(29)27-19-14-22(33-2)18(26)13-23(19)34-3/h4-10,12-14,20,28H,11H2,1-3H3,(H,27,29)/t20-/m1/s1. The van der Waals surface area contributed by atoms with Crippen molar-refractivity contribution in [1.82, 2.24) is 4.72 Å². The number of amides is 1. The molecule has 0 fully saturated rings. The number of hydrogen-bond donors (Lipinski definition) is 2. The van der Waals surface area contributed by atoms with Gasteiger partial charge in [-0.1, -0.05) is 53.5 Å². The number of nitrogens with one attached hydrogen (secondary N) is 2. The van der Waals surface area contributed by atoms with Gasteiger partial charge in [-0.15, -0.1) is 0 Å². The molecule has 0 aliphatic carbocycles. The number of carbonyl (C=O) groups excluding carboxylic acids is 1. The van der Waals surface area contributed by atoms with Crippen LogP contribution in [0.5, 0.6) is 17.2 Å². The van der Waals surface area contributed by atoms with Crippen molar-refractivity contribution in [2.75, 3.05) is 26.6 Å². The van der Waals surface area contributed by atoms with Gasteiger partial charge in [0.25, 0.3) is 0 Å². The molecule has 3 rings (SSSR count). The summed E-state index contributed by atoms with van der Waals surface area (Å²) >= 11 is 12.3. The molecule has 2 N–H and O–H groups in total. The molecule has 11 heteroatoms. The van der Waals surface area contributed by atoms with Crippen LogP contribution in [0, 0.1) is 0 Å². The van der Waals surface area contributed by atoms with E-state index >= 15 is 0 Å². The van der Waals surface area contributed by atoms with Crippen molar-refractivity contribution < 1.29 is 27.4 Å². The zero-order valence-corrected chi connectivity index (χ0v) is 21.5. The Morgan fingerprint density at radius 2 is 1.49 bits per heavy atom. The van der Waals surface area contributed by atoms with Gasteiger partial charge in [-0.05, 0) is 30.2 Å². The Bertz CT molecular complexity index is 1300. The monoisotopic (exact) mass is 538 g/mol. The average Bonchev–Trinajstić information content (AvgIpc) is 2.84. The van der Waals surface area contributed by atoms with Gasteiger partial charge < -0.3 is 19.5 Å². The molecule has 186 valence electrons. The first kappa shape index (κ1) is 26.6. The molecule has 0 heterocycles. The molecule has 1 atom stereocenters. The molecule has 0 aromatic heterocycles. The van der Waals surface area contributed by atoms with Gasteiger partial charge in [-0.2, -0.15) is 4.72 Å². The molecule has 0 radical (unpaired) electrons. The summed E-state index contributed by atoms with van der Waals surface area (Å²) in [5.74, 6) is 0.316. The molecule has 0 aliphatic rings. The average molecular weight is 539 g/mol. The molecule has 0 bridgehead atoms. The second kappa shape index (κ2) is 11.6. The molecule has 3 aromatic rings. The summed E-state index contributed by atoms with van der Waals surface area (Å²) in [7, 11) is 0.155. The van der Waals surface area contributed by atoms with Crippen molar-refractivity contribution in [2.45, 2.75) is 17.4 Å². The summed E-state index contributed by atoms with van der Waals surface area (Å²) < 4.78 is 44.4.